The zero-order chi connectivity index (χ0) is 15.5. The summed E-state index contributed by atoms with van der Waals surface area (Å²) >= 11 is 12.6. The van der Waals surface area contributed by atoms with Crippen LogP contribution in [0.5, 0.6) is 5.75 Å². The van der Waals surface area contributed by atoms with Crippen molar-refractivity contribution in [3.8, 4) is 11.8 Å². The van der Waals surface area contributed by atoms with Crippen LogP contribution in [0.1, 0.15) is 0 Å². The van der Waals surface area contributed by atoms with Crippen LogP contribution < -0.4 is 9.46 Å². The van der Waals surface area contributed by atoms with Crippen molar-refractivity contribution in [2.75, 3.05) is 11.3 Å². The molecule has 1 N–H and O–H groups in total. The van der Waals surface area contributed by atoms with Gasteiger partial charge in [0.05, 0.1) is 10.0 Å². The molecule has 5 nitrogen and oxygen atoms in total. The van der Waals surface area contributed by atoms with Crippen LogP contribution >= 0.6 is 34.5 Å². The number of halogens is 2. The van der Waals surface area contributed by atoms with E-state index in [-0.39, 0.29) is 20.2 Å². The topological polar surface area (TPSA) is 79.2 Å². The quantitative estimate of drug-likeness (QED) is 0.877. The van der Waals surface area contributed by atoms with Gasteiger partial charge in [0.25, 0.3) is 10.0 Å². The molecule has 1 aromatic heterocycles. The lowest BCUT2D eigenvalue weighted by atomic mass is 10.3. The summed E-state index contributed by atoms with van der Waals surface area (Å²) in [6, 6.07) is 9.35. The molecular weight excluding hydrogens is 355 g/mol. The van der Waals surface area contributed by atoms with Gasteiger partial charge in [-0.1, -0.05) is 29.3 Å². The SMILES string of the molecule is N#CCOc1cccc(NS(=O)(=O)c2cc(Cl)sc2Cl)c1. The summed E-state index contributed by atoms with van der Waals surface area (Å²) < 4.78 is 32.3. The largest absolute Gasteiger partial charge is 0.479 e. The number of anilines is 1. The van der Waals surface area contributed by atoms with E-state index in [1.165, 1.54) is 12.1 Å². The van der Waals surface area contributed by atoms with Crippen molar-refractivity contribution in [1.82, 2.24) is 0 Å². The highest BCUT2D eigenvalue weighted by Crippen LogP contribution is 2.35. The molecule has 0 aliphatic rings. The number of nitrogens with one attached hydrogen (secondary N) is 1. The van der Waals surface area contributed by atoms with Crippen molar-refractivity contribution in [2.45, 2.75) is 4.90 Å². The lowest BCUT2D eigenvalue weighted by molar-refractivity contribution is 0.368. The predicted octanol–water partition coefficient (Wildman–Crippen LogP) is 3.76. The van der Waals surface area contributed by atoms with Gasteiger partial charge >= 0.3 is 0 Å². The van der Waals surface area contributed by atoms with E-state index in [2.05, 4.69) is 4.72 Å². The third-order valence-corrected chi connectivity index (χ3v) is 5.44. The molecule has 0 aliphatic carbocycles. The van der Waals surface area contributed by atoms with Gasteiger partial charge in [-0.2, -0.15) is 5.26 Å². The van der Waals surface area contributed by atoms with Crippen molar-refractivity contribution in [1.29, 1.82) is 5.26 Å². The fourth-order valence-corrected chi connectivity index (χ4v) is 4.68. The smallest absolute Gasteiger partial charge is 0.264 e. The molecule has 0 aliphatic heterocycles. The Bertz CT molecular complexity index is 797. The van der Waals surface area contributed by atoms with E-state index in [1.54, 1.807) is 18.2 Å². The first-order valence-electron chi connectivity index (χ1n) is 5.50. The van der Waals surface area contributed by atoms with Gasteiger partial charge in [0.2, 0.25) is 0 Å². The molecule has 0 radical (unpaired) electrons. The van der Waals surface area contributed by atoms with E-state index in [1.807, 2.05) is 6.07 Å². The standard InChI is InChI=1S/C12H8Cl2N2O3S2/c13-11-7-10(12(14)20-11)21(17,18)16-8-2-1-3-9(6-8)19-5-4-15/h1-3,6-7,16H,5H2. The second-order valence-corrected chi connectivity index (χ2v) is 7.70. The maximum atomic E-state index is 12.2. The fraction of sp³-hybridized carbons (Fsp3) is 0.0833. The van der Waals surface area contributed by atoms with Gasteiger partial charge in [0, 0.05) is 6.07 Å². The Labute approximate surface area is 135 Å². The van der Waals surface area contributed by atoms with Crippen LogP contribution in [0.2, 0.25) is 8.67 Å². The molecule has 0 amide bonds. The Kier molecular flexibility index (Phi) is 4.96. The molecule has 0 bridgehead atoms. The third-order valence-electron chi connectivity index (χ3n) is 2.30. The van der Waals surface area contributed by atoms with Crippen molar-refractivity contribution >= 4 is 50.2 Å². The first-order chi connectivity index (χ1) is 9.92. The second-order valence-electron chi connectivity index (χ2n) is 3.77. The minimum atomic E-state index is -3.84. The number of thiophene rings is 1. The van der Waals surface area contributed by atoms with Crippen LogP contribution in [-0.2, 0) is 10.0 Å². The first kappa shape index (κ1) is 15.9. The summed E-state index contributed by atoms with van der Waals surface area (Å²) in [5, 5.41) is 8.45. The zero-order valence-corrected chi connectivity index (χ0v) is 13.5. The Morgan fingerprint density at radius 2 is 2.10 bits per heavy atom. The van der Waals surface area contributed by atoms with Gasteiger partial charge in [-0.3, -0.25) is 4.72 Å². The summed E-state index contributed by atoms with van der Waals surface area (Å²) in [7, 11) is -3.84. The van der Waals surface area contributed by atoms with Gasteiger partial charge in [-0.05, 0) is 18.2 Å². The van der Waals surface area contributed by atoms with Crippen LogP contribution in [-0.4, -0.2) is 15.0 Å². The molecule has 9 heteroatoms. The number of hydrogen-bond acceptors (Lipinski definition) is 5. The number of sulfonamides is 1. The van der Waals surface area contributed by atoms with E-state index in [0.29, 0.717) is 11.4 Å². The average molecular weight is 363 g/mol. The van der Waals surface area contributed by atoms with Gasteiger partial charge in [0.1, 0.15) is 21.1 Å². The zero-order valence-electron chi connectivity index (χ0n) is 10.3. The minimum Gasteiger partial charge on any atom is -0.479 e. The molecule has 0 saturated carbocycles. The predicted molar refractivity (Wildman–Crippen MR) is 82.7 cm³/mol. The third kappa shape index (κ3) is 4.02. The number of benzene rings is 1. The van der Waals surface area contributed by atoms with Crippen molar-refractivity contribution < 1.29 is 13.2 Å². The Hall–Kier alpha value is -1.46. The van der Waals surface area contributed by atoms with Crippen LogP contribution in [0.15, 0.2) is 35.2 Å². The highest BCUT2D eigenvalue weighted by molar-refractivity contribution is 7.93. The van der Waals surface area contributed by atoms with Gasteiger partial charge in [-0.15, -0.1) is 11.3 Å². The maximum absolute atomic E-state index is 12.2. The number of ether oxygens (including phenoxy) is 1. The number of nitrogens with zero attached hydrogens (tertiary/aromatic N) is 1. The van der Waals surface area contributed by atoms with Crippen LogP contribution in [0.25, 0.3) is 0 Å². The molecule has 110 valence electrons. The van der Waals surface area contributed by atoms with Crippen LogP contribution in [0, 0.1) is 11.3 Å². The van der Waals surface area contributed by atoms with E-state index in [0.717, 1.165) is 11.3 Å². The van der Waals surface area contributed by atoms with E-state index >= 15 is 0 Å². The Balaban J connectivity index is 2.25. The molecule has 0 unspecified atom stereocenters. The highest BCUT2D eigenvalue weighted by atomic mass is 35.5. The number of rotatable bonds is 5. The lowest BCUT2D eigenvalue weighted by Crippen LogP contribution is -2.12. The summed E-state index contributed by atoms with van der Waals surface area (Å²) in [6.45, 7) is -0.123. The maximum Gasteiger partial charge on any atom is 0.264 e. The molecule has 1 aromatic carbocycles. The molecular formula is C12H8Cl2N2O3S2. The highest BCUT2D eigenvalue weighted by Gasteiger charge is 2.21. The van der Waals surface area contributed by atoms with Crippen molar-refractivity contribution in [2.24, 2.45) is 0 Å². The molecule has 0 atom stereocenters. The summed E-state index contributed by atoms with van der Waals surface area (Å²) in [5.74, 6) is 0.381. The molecule has 21 heavy (non-hydrogen) atoms. The lowest BCUT2D eigenvalue weighted by Gasteiger charge is -2.08. The van der Waals surface area contributed by atoms with E-state index in [9.17, 15) is 8.42 Å². The van der Waals surface area contributed by atoms with Crippen LogP contribution in [0.3, 0.4) is 0 Å². The normalized spacial score (nSPS) is 10.9. The van der Waals surface area contributed by atoms with Gasteiger partial charge in [-0.25, -0.2) is 8.42 Å². The number of nitriles is 1. The summed E-state index contributed by atoms with van der Waals surface area (Å²) in [4.78, 5) is -0.0810. The molecule has 2 aromatic rings. The van der Waals surface area contributed by atoms with Gasteiger partial charge in [0.15, 0.2) is 6.61 Å². The van der Waals surface area contributed by atoms with Crippen molar-refractivity contribution in [3.63, 3.8) is 0 Å². The molecule has 1 heterocycles. The van der Waals surface area contributed by atoms with Gasteiger partial charge < -0.3 is 4.74 Å². The first-order valence-corrected chi connectivity index (χ1v) is 8.55. The summed E-state index contributed by atoms with van der Waals surface area (Å²) in [6.07, 6.45) is 0. The second kappa shape index (κ2) is 6.54. The van der Waals surface area contributed by atoms with E-state index < -0.39 is 10.0 Å². The molecule has 2 rings (SSSR count). The van der Waals surface area contributed by atoms with Crippen LogP contribution in [0.4, 0.5) is 5.69 Å². The summed E-state index contributed by atoms with van der Waals surface area (Å²) in [5.41, 5.74) is 0.295. The monoisotopic (exact) mass is 362 g/mol. The molecule has 0 saturated heterocycles. The fourth-order valence-electron chi connectivity index (χ4n) is 1.48. The van der Waals surface area contributed by atoms with Crippen molar-refractivity contribution in [3.05, 3.63) is 39.0 Å². The average Bonchev–Trinajstić information content (AvgIpc) is 2.76. The molecule has 0 fully saturated rings. The Morgan fingerprint density at radius 3 is 2.71 bits per heavy atom. The van der Waals surface area contributed by atoms with E-state index in [4.69, 9.17) is 33.2 Å². The Morgan fingerprint density at radius 1 is 1.33 bits per heavy atom. The minimum absolute atomic E-state index is 0.0810. The molecule has 0 spiro atoms. The number of hydrogen-bond donors (Lipinski definition) is 1.